The molecule has 9 nitrogen and oxygen atoms in total. The van der Waals surface area contributed by atoms with Gasteiger partial charge in [-0.15, -0.1) is 12.4 Å². The van der Waals surface area contributed by atoms with Gasteiger partial charge in [-0.05, 0) is 6.42 Å². The largest absolute Gasteiger partial charge is 0.493 e. The molecule has 0 saturated carbocycles. The Morgan fingerprint density at radius 1 is 1.36 bits per heavy atom. The molecule has 0 aliphatic carbocycles. The predicted molar refractivity (Wildman–Crippen MR) is 92.8 cm³/mol. The fourth-order valence-electron chi connectivity index (χ4n) is 2.52. The lowest BCUT2D eigenvalue weighted by Gasteiger charge is -2.17. The Morgan fingerprint density at radius 3 is 2.60 bits per heavy atom. The van der Waals surface area contributed by atoms with Gasteiger partial charge in [-0.1, -0.05) is 0 Å². The molecule has 1 fully saturated rings. The predicted octanol–water partition coefficient (Wildman–Crippen LogP) is 1.22. The molecule has 1 aromatic rings. The number of hydrogen-bond donors (Lipinski definition) is 1. The van der Waals surface area contributed by atoms with Crippen molar-refractivity contribution in [2.45, 2.75) is 12.5 Å². The average Bonchev–Trinajstić information content (AvgIpc) is 3.00. The van der Waals surface area contributed by atoms with Crippen molar-refractivity contribution in [3.8, 4) is 11.5 Å². The van der Waals surface area contributed by atoms with Crippen LogP contribution in [0.1, 0.15) is 16.8 Å². The van der Waals surface area contributed by atoms with E-state index in [0.29, 0.717) is 26.1 Å². The van der Waals surface area contributed by atoms with E-state index in [2.05, 4.69) is 0 Å². The second kappa shape index (κ2) is 9.40. The average molecular weight is 376 g/mol. The van der Waals surface area contributed by atoms with Crippen LogP contribution in [-0.4, -0.2) is 62.3 Å². The summed E-state index contributed by atoms with van der Waals surface area (Å²) in [4.78, 5) is 24.9. The van der Waals surface area contributed by atoms with Gasteiger partial charge in [-0.25, -0.2) is 0 Å². The van der Waals surface area contributed by atoms with Crippen molar-refractivity contribution in [3.63, 3.8) is 0 Å². The molecule has 1 amide bonds. The van der Waals surface area contributed by atoms with Gasteiger partial charge in [-0.3, -0.25) is 14.9 Å². The third kappa shape index (κ3) is 4.94. The highest BCUT2D eigenvalue weighted by Gasteiger charge is 2.31. The first kappa shape index (κ1) is 20.9. The first-order valence-electron chi connectivity index (χ1n) is 7.51. The zero-order chi connectivity index (χ0) is 17.7. The first-order valence-corrected chi connectivity index (χ1v) is 7.51. The van der Waals surface area contributed by atoms with Crippen LogP contribution in [-0.2, 0) is 4.74 Å². The maximum Gasteiger partial charge on any atom is 0.286 e. The summed E-state index contributed by atoms with van der Waals surface area (Å²) in [6.07, 6.45) is 0.675. The van der Waals surface area contributed by atoms with Gasteiger partial charge in [0.15, 0.2) is 11.5 Å². The third-order valence-corrected chi connectivity index (χ3v) is 3.77. The normalized spacial score (nSPS) is 16.3. The highest BCUT2D eigenvalue weighted by Crippen LogP contribution is 2.35. The monoisotopic (exact) mass is 375 g/mol. The van der Waals surface area contributed by atoms with E-state index in [9.17, 15) is 14.9 Å². The fraction of sp³-hybridized carbons (Fsp3) is 0.533. The number of likely N-dealkylation sites (tertiary alicyclic amines) is 1. The van der Waals surface area contributed by atoms with Crippen LogP contribution in [0.3, 0.4) is 0 Å². The van der Waals surface area contributed by atoms with Gasteiger partial charge in [-0.2, -0.15) is 0 Å². The van der Waals surface area contributed by atoms with Crippen molar-refractivity contribution < 1.29 is 23.9 Å². The number of nitrogens with zero attached hydrogens (tertiary/aromatic N) is 2. The number of nitrogens with two attached hydrogens (primary N) is 1. The number of hydrogen-bond acceptors (Lipinski definition) is 7. The molecule has 1 aromatic carbocycles. The molecule has 0 bridgehead atoms. The minimum atomic E-state index is -0.605. The number of benzene rings is 1. The van der Waals surface area contributed by atoms with Gasteiger partial charge >= 0.3 is 0 Å². The molecular weight excluding hydrogens is 354 g/mol. The molecule has 0 spiro atoms. The molecule has 0 aromatic heterocycles. The number of ether oxygens (including phenoxy) is 3. The van der Waals surface area contributed by atoms with E-state index in [4.69, 9.17) is 19.9 Å². The molecular formula is C15H22ClN3O6. The molecule has 0 unspecified atom stereocenters. The first-order chi connectivity index (χ1) is 11.5. The van der Waals surface area contributed by atoms with Gasteiger partial charge in [0.2, 0.25) is 0 Å². The molecule has 1 atom stereocenters. The number of carbonyl (C=O) groups is 1. The van der Waals surface area contributed by atoms with Gasteiger partial charge in [0.1, 0.15) is 12.2 Å². The molecule has 0 radical (unpaired) electrons. The number of nitro benzene ring substituents is 1. The van der Waals surface area contributed by atoms with Crippen LogP contribution < -0.4 is 15.2 Å². The van der Waals surface area contributed by atoms with E-state index < -0.39 is 10.8 Å². The van der Waals surface area contributed by atoms with Crippen LogP contribution in [0.4, 0.5) is 5.69 Å². The lowest BCUT2D eigenvalue weighted by Crippen LogP contribution is -2.32. The number of nitro groups is 1. The van der Waals surface area contributed by atoms with Crippen LogP contribution in [0.25, 0.3) is 0 Å². The second-order valence-electron chi connectivity index (χ2n) is 5.42. The van der Waals surface area contributed by atoms with E-state index >= 15 is 0 Å². The molecule has 25 heavy (non-hydrogen) atoms. The van der Waals surface area contributed by atoms with Crippen LogP contribution in [0.15, 0.2) is 12.1 Å². The van der Waals surface area contributed by atoms with E-state index in [1.54, 1.807) is 0 Å². The molecule has 1 aliphatic heterocycles. The number of carbonyl (C=O) groups excluding carboxylic acids is 1. The number of rotatable bonds is 7. The molecule has 2 N–H and O–H groups in total. The molecule has 2 rings (SSSR count). The Kier molecular flexibility index (Phi) is 7.88. The van der Waals surface area contributed by atoms with Crippen molar-refractivity contribution in [2.24, 2.45) is 5.73 Å². The number of methoxy groups -OCH3 is 2. The smallest absolute Gasteiger partial charge is 0.286 e. The Hall–Kier alpha value is -2.10. The molecule has 140 valence electrons. The van der Waals surface area contributed by atoms with Crippen LogP contribution in [0.2, 0.25) is 0 Å². The quantitative estimate of drug-likeness (QED) is 0.432. The van der Waals surface area contributed by atoms with E-state index in [-0.39, 0.29) is 47.8 Å². The van der Waals surface area contributed by atoms with Crippen LogP contribution >= 0.6 is 12.4 Å². The Labute approximate surface area is 151 Å². The fourth-order valence-corrected chi connectivity index (χ4v) is 2.52. The summed E-state index contributed by atoms with van der Waals surface area (Å²) in [6.45, 7) is 1.39. The van der Waals surface area contributed by atoms with Crippen molar-refractivity contribution in [1.29, 1.82) is 0 Å². The lowest BCUT2D eigenvalue weighted by atomic mass is 10.1. The Balaban J connectivity index is 0.00000312. The van der Waals surface area contributed by atoms with E-state index in [0.717, 1.165) is 0 Å². The summed E-state index contributed by atoms with van der Waals surface area (Å²) in [5.41, 5.74) is 5.44. The van der Waals surface area contributed by atoms with Crippen LogP contribution in [0, 0.1) is 10.1 Å². The molecule has 10 heteroatoms. The second-order valence-corrected chi connectivity index (χ2v) is 5.42. The molecule has 1 aliphatic rings. The van der Waals surface area contributed by atoms with Gasteiger partial charge in [0.05, 0.1) is 24.7 Å². The van der Waals surface area contributed by atoms with Crippen molar-refractivity contribution >= 4 is 24.0 Å². The molecule has 1 heterocycles. The summed E-state index contributed by atoms with van der Waals surface area (Å²) in [6, 6.07) is 2.44. The highest BCUT2D eigenvalue weighted by atomic mass is 35.5. The van der Waals surface area contributed by atoms with Crippen molar-refractivity contribution in [2.75, 3.05) is 40.5 Å². The van der Waals surface area contributed by atoms with E-state index in [1.165, 1.54) is 31.3 Å². The van der Waals surface area contributed by atoms with Gasteiger partial charge in [0, 0.05) is 32.3 Å². The van der Waals surface area contributed by atoms with Gasteiger partial charge < -0.3 is 24.8 Å². The third-order valence-electron chi connectivity index (χ3n) is 3.77. The van der Waals surface area contributed by atoms with Crippen molar-refractivity contribution in [1.82, 2.24) is 4.90 Å². The highest BCUT2D eigenvalue weighted by molar-refractivity contribution is 5.99. The minimum absolute atomic E-state index is 0. The standard InChI is InChI=1S/C15H21N3O6.ClH/c1-22-5-6-24-14-8-12(18(20)21)11(7-13(14)23-2)15(19)17-4-3-10(16)9-17;/h7-8,10H,3-6,9,16H2,1-2H3;1H/t10-;/m1./s1. The minimum Gasteiger partial charge on any atom is -0.493 e. The van der Waals surface area contributed by atoms with Crippen LogP contribution in [0.5, 0.6) is 11.5 Å². The maximum atomic E-state index is 12.6. The lowest BCUT2D eigenvalue weighted by molar-refractivity contribution is -0.385. The summed E-state index contributed by atoms with van der Waals surface area (Å²) in [5.74, 6) is 0.0101. The van der Waals surface area contributed by atoms with E-state index in [1.807, 2.05) is 0 Å². The summed E-state index contributed by atoms with van der Waals surface area (Å²) < 4.78 is 15.5. The Morgan fingerprint density at radius 2 is 2.08 bits per heavy atom. The summed E-state index contributed by atoms with van der Waals surface area (Å²) in [7, 11) is 2.93. The maximum absolute atomic E-state index is 12.6. The van der Waals surface area contributed by atoms with Gasteiger partial charge in [0.25, 0.3) is 11.6 Å². The number of halogens is 1. The zero-order valence-corrected chi connectivity index (χ0v) is 14.9. The zero-order valence-electron chi connectivity index (χ0n) is 14.1. The number of amides is 1. The summed E-state index contributed by atoms with van der Waals surface area (Å²) >= 11 is 0. The SMILES string of the molecule is COCCOc1cc([N+](=O)[O-])c(C(=O)N2CC[C@@H](N)C2)cc1OC.Cl. The topological polar surface area (TPSA) is 117 Å². The molecule has 1 saturated heterocycles. The van der Waals surface area contributed by atoms with Crippen molar-refractivity contribution in [3.05, 3.63) is 27.8 Å². The Bertz CT molecular complexity index is 628. The summed E-state index contributed by atoms with van der Waals surface area (Å²) in [5, 5.41) is 11.4.